The summed E-state index contributed by atoms with van der Waals surface area (Å²) in [6, 6.07) is 9.87. The van der Waals surface area contributed by atoms with Crippen LogP contribution in [0.25, 0.3) is 17.2 Å². The van der Waals surface area contributed by atoms with Gasteiger partial charge in [0.15, 0.2) is 0 Å². The van der Waals surface area contributed by atoms with Gasteiger partial charge >= 0.3 is 5.97 Å². The summed E-state index contributed by atoms with van der Waals surface area (Å²) in [6.45, 7) is 7.49. The molecule has 0 saturated heterocycles. The molecule has 150 valence electrons. The third-order valence-corrected chi connectivity index (χ3v) is 5.82. The minimum Gasteiger partial charge on any atom is -0.466 e. The van der Waals surface area contributed by atoms with E-state index in [1.807, 2.05) is 43.0 Å². The molecule has 0 aliphatic carbocycles. The van der Waals surface area contributed by atoms with Crippen LogP contribution in [-0.4, -0.2) is 37.0 Å². The number of esters is 1. The summed E-state index contributed by atoms with van der Waals surface area (Å²) >= 11 is 1.67. The number of hydrogen-bond acceptors (Lipinski definition) is 4. The minimum atomic E-state index is -0.387. The average Bonchev–Trinajstić information content (AvgIpc) is 3.14. The maximum absolute atomic E-state index is 13.0. The minimum absolute atomic E-state index is 0.0322. The van der Waals surface area contributed by atoms with Crippen molar-refractivity contribution in [3.8, 4) is 11.1 Å². The van der Waals surface area contributed by atoms with Crippen LogP contribution < -0.4 is 0 Å². The van der Waals surface area contributed by atoms with Gasteiger partial charge in [0.1, 0.15) is 0 Å². The van der Waals surface area contributed by atoms with Gasteiger partial charge in [0.2, 0.25) is 0 Å². The second-order valence-electron chi connectivity index (χ2n) is 6.47. The molecule has 0 radical (unpaired) electrons. The molecule has 0 spiro atoms. The monoisotopic (exact) mass is 399 g/mol. The van der Waals surface area contributed by atoms with E-state index in [2.05, 4.69) is 13.0 Å². The van der Waals surface area contributed by atoms with Crippen molar-refractivity contribution in [1.29, 1.82) is 0 Å². The largest absolute Gasteiger partial charge is 0.466 e. The number of thiophene rings is 1. The summed E-state index contributed by atoms with van der Waals surface area (Å²) in [5.41, 5.74) is 2.59. The Labute approximate surface area is 171 Å². The SMILES string of the molecule is CCCCc1cc(-c2ccccc2C(=O)N(CC)CC)c(/C=C/C(=O)OC)s1. The van der Waals surface area contributed by atoms with Crippen LogP contribution in [0.15, 0.2) is 36.4 Å². The quantitative estimate of drug-likeness (QED) is 0.417. The Kier molecular flexibility index (Phi) is 8.45. The zero-order valence-electron chi connectivity index (χ0n) is 17.2. The molecule has 0 unspecified atom stereocenters. The maximum atomic E-state index is 13.0. The summed E-state index contributed by atoms with van der Waals surface area (Å²) < 4.78 is 4.73. The molecule has 2 rings (SSSR count). The Morgan fingerprint density at radius 3 is 2.46 bits per heavy atom. The molecule has 0 fully saturated rings. The Morgan fingerprint density at radius 2 is 1.82 bits per heavy atom. The Morgan fingerprint density at radius 1 is 1.11 bits per heavy atom. The molecule has 1 aromatic heterocycles. The van der Waals surface area contributed by atoms with E-state index in [0.29, 0.717) is 18.7 Å². The molecule has 1 amide bonds. The van der Waals surface area contributed by atoms with Gasteiger partial charge in [-0.05, 0) is 50.5 Å². The van der Waals surface area contributed by atoms with E-state index in [0.717, 1.165) is 35.3 Å². The first kappa shape index (κ1) is 21.9. The van der Waals surface area contributed by atoms with E-state index >= 15 is 0 Å². The number of amides is 1. The first-order valence-electron chi connectivity index (χ1n) is 9.83. The zero-order chi connectivity index (χ0) is 20.5. The number of benzene rings is 1. The predicted molar refractivity (Wildman–Crippen MR) is 117 cm³/mol. The van der Waals surface area contributed by atoms with E-state index in [1.54, 1.807) is 17.4 Å². The van der Waals surface area contributed by atoms with Crippen molar-refractivity contribution in [3.05, 3.63) is 51.7 Å². The molecule has 28 heavy (non-hydrogen) atoms. The van der Waals surface area contributed by atoms with E-state index in [1.165, 1.54) is 18.1 Å². The molecule has 0 saturated carbocycles. The van der Waals surface area contributed by atoms with Crippen LogP contribution in [0.1, 0.15) is 53.7 Å². The molecular weight excluding hydrogens is 370 g/mol. The van der Waals surface area contributed by atoms with Crippen LogP contribution in [-0.2, 0) is 16.0 Å². The predicted octanol–water partition coefficient (Wildman–Crippen LogP) is 5.43. The summed E-state index contributed by atoms with van der Waals surface area (Å²) in [6.07, 6.45) is 6.46. The van der Waals surface area contributed by atoms with Gasteiger partial charge in [-0.2, -0.15) is 0 Å². The second kappa shape index (κ2) is 10.8. The number of hydrogen-bond donors (Lipinski definition) is 0. The van der Waals surface area contributed by atoms with Gasteiger partial charge < -0.3 is 9.64 Å². The molecule has 0 aliphatic heterocycles. The first-order valence-corrected chi connectivity index (χ1v) is 10.6. The highest BCUT2D eigenvalue weighted by molar-refractivity contribution is 7.13. The van der Waals surface area contributed by atoms with Crippen molar-refractivity contribution in [1.82, 2.24) is 4.90 Å². The molecule has 4 nitrogen and oxygen atoms in total. The number of ether oxygens (including phenoxy) is 1. The van der Waals surface area contributed by atoms with Crippen LogP contribution in [0.3, 0.4) is 0 Å². The lowest BCUT2D eigenvalue weighted by Crippen LogP contribution is -2.30. The zero-order valence-corrected chi connectivity index (χ0v) is 18.0. The van der Waals surface area contributed by atoms with Gasteiger partial charge in [-0.25, -0.2) is 4.79 Å². The van der Waals surface area contributed by atoms with Gasteiger partial charge in [-0.1, -0.05) is 31.5 Å². The normalized spacial score (nSPS) is 11.0. The van der Waals surface area contributed by atoms with Crippen molar-refractivity contribution in [3.63, 3.8) is 0 Å². The Hall–Kier alpha value is -2.40. The third kappa shape index (κ3) is 5.32. The van der Waals surface area contributed by atoms with E-state index < -0.39 is 0 Å². The standard InChI is InChI=1S/C23H29NO3S/c1-5-8-11-17-16-20(21(28-17)14-15-22(25)27-4)18-12-9-10-13-19(18)23(26)24(6-2)7-3/h9-10,12-16H,5-8,11H2,1-4H3/b15-14+. The van der Waals surface area contributed by atoms with Crippen LogP contribution >= 0.6 is 11.3 Å². The average molecular weight is 400 g/mol. The number of methoxy groups -OCH3 is 1. The van der Waals surface area contributed by atoms with Gasteiger partial charge in [0.25, 0.3) is 5.91 Å². The van der Waals surface area contributed by atoms with Crippen molar-refractivity contribution in [2.24, 2.45) is 0 Å². The molecule has 1 aromatic carbocycles. The van der Waals surface area contributed by atoms with Crippen LogP contribution in [0, 0.1) is 0 Å². The lowest BCUT2D eigenvalue weighted by molar-refractivity contribution is -0.134. The van der Waals surface area contributed by atoms with Crippen molar-refractivity contribution in [2.45, 2.75) is 40.0 Å². The van der Waals surface area contributed by atoms with Gasteiger partial charge in [0, 0.05) is 40.0 Å². The number of nitrogens with zero attached hydrogens (tertiary/aromatic N) is 1. The number of carbonyl (C=O) groups excluding carboxylic acids is 2. The molecule has 0 atom stereocenters. The highest BCUT2D eigenvalue weighted by Gasteiger charge is 2.19. The van der Waals surface area contributed by atoms with E-state index in [-0.39, 0.29) is 11.9 Å². The fraction of sp³-hybridized carbons (Fsp3) is 0.391. The molecule has 0 N–H and O–H groups in total. The third-order valence-electron chi connectivity index (χ3n) is 4.66. The molecule has 0 aliphatic rings. The lowest BCUT2D eigenvalue weighted by atomic mass is 9.98. The fourth-order valence-electron chi connectivity index (χ4n) is 3.06. The fourth-order valence-corrected chi connectivity index (χ4v) is 4.18. The number of aryl methyl sites for hydroxylation is 1. The lowest BCUT2D eigenvalue weighted by Gasteiger charge is -2.20. The van der Waals surface area contributed by atoms with Crippen molar-refractivity contribution in [2.75, 3.05) is 20.2 Å². The van der Waals surface area contributed by atoms with Crippen molar-refractivity contribution < 1.29 is 14.3 Å². The van der Waals surface area contributed by atoms with Gasteiger partial charge in [0.05, 0.1) is 7.11 Å². The number of carbonyl (C=O) groups is 2. The van der Waals surface area contributed by atoms with Crippen LogP contribution in [0.2, 0.25) is 0 Å². The highest BCUT2D eigenvalue weighted by Crippen LogP contribution is 2.36. The Bertz CT molecular complexity index is 834. The number of rotatable bonds is 9. The molecule has 2 aromatic rings. The second-order valence-corrected chi connectivity index (χ2v) is 7.64. The summed E-state index contributed by atoms with van der Waals surface area (Å²) in [7, 11) is 1.37. The van der Waals surface area contributed by atoms with Crippen LogP contribution in [0.5, 0.6) is 0 Å². The number of unbranched alkanes of at least 4 members (excludes halogenated alkanes) is 1. The molecule has 1 heterocycles. The summed E-state index contributed by atoms with van der Waals surface area (Å²) in [5.74, 6) is -0.355. The van der Waals surface area contributed by atoms with E-state index in [4.69, 9.17) is 4.74 Å². The maximum Gasteiger partial charge on any atom is 0.330 e. The topological polar surface area (TPSA) is 46.6 Å². The van der Waals surface area contributed by atoms with Crippen molar-refractivity contribution >= 4 is 29.3 Å². The van der Waals surface area contributed by atoms with Crippen LogP contribution in [0.4, 0.5) is 0 Å². The highest BCUT2D eigenvalue weighted by atomic mass is 32.1. The molecule has 5 heteroatoms. The molecule has 0 bridgehead atoms. The summed E-state index contributed by atoms with van der Waals surface area (Å²) in [5, 5.41) is 0. The van der Waals surface area contributed by atoms with Gasteiger partial charge in [-0.15, -0.1) is 11.3 Å². The van der Waals surface area contributed by atoms with E-state index in [9.17, 15) is 9.59 Å². The first-order chi connectivity index (χ1) is 13.5. The van der Waals surface area contributed by atoms with Gasteiger partial charge in [-0.3, -0.25) is 4.79 Å². The Balaban J connectivity index is 2.54. The smallest absolute Gasteiger partial charge is 0.330 e. The molecular formula is C23H29NO3S. The summed E-state index contributed by atoms with van der Waals surface area (Å²) in [4.78, 5) is 28.7.